The molecule has 4 amide bonds. The molecule has 3 heterocycles. The quantitative estimate of drug-likeness (QED) is 0.436. The second-order valence-electron chi connectivity index (χ2n) is 7.42. The summed E-state index contributed by atoms with van der Waals surface area (Å²) in [7, 11) is -3.77. The van der Waals surface area contributed by atoms with Crippen molar-refractivity contribution >= 4 is 39.2 Å². The van der Waals surface area contributed by atoms with Crippen molar-refractivity contribution in [3.05, 3.63) is 52.5 Å². The van der Waals surface area contributed by atoms with Gasteiger partial charge in [0, 0.05) is 44.0 Å². The van der Waals surface area contributed by atoms with Gasteiger partial charge < -0.3 is 0 Å². The average molecular weight is 481 g/mol. The van der Waals surface area contributed by atoms with E-state index in [4.69, 9.17) is 0 Å². The van der Waals surface area contributed by atoms with Gasteiger partial charge in [-0.05, 0) is 35.7 Å². The van der Waals surface area contributed by atoms with Crippen molar-refractivity contribution < 1.29 is 27.2 Å². The SMILES string of the molecule is O=C1C(=O)N(CN2CCN(S(=O)(=O)c3ccc(F)cc3)CC2)C(=O)N1CCc1cccs1. The summed E-state index contributed by atoms with van der Waals surface area (Å²) in [5.74, 6) is -2.24. The van der Waals surface area contributed by atoms with Gasteiger partial charge in [-0.3, -0.25) is 19.4 Å². The van der Waals surface area contributed by atoms with Crippen LogP contribution in [0.2, 0.25) is 0 Å². The second-order valence-corrected chi connectivity index (χ2v) is 10.4. The zero-order chi connectivity index (χ0) is 22.9. The number of halogens is 1. The van der Waals surface area contributed by atoms with Gasteiger partial charge in [-0.1, -0.05) is 6.07 Å². The molecular formula is C20H21FN4O5S2. The number of nitrogens with zero attached hydrogens (tertiary/aromatic N) is 4. The molecule has 4 rings (SSSR count). The first kappa shape index (κ1) is 22.5. The van der Waals surface area contributed by atoms with E-state index < -0.39 is 33.7 Å². The van der Waals surface area contributed by atoms with E-state index in [-0.39, 0.29) is 44.3 Å². The number of hydrogen-bond acceptors (Lipinski definition) is 7. The van der Waals surface area contributed by atoms with Crippen LogP contribution in [0.5, 0.6) is 0 Å². The number of carbonyl (C=O) groups excluding carboxylic acids is 3. The van der Waals surface area contributed by atoms with Crippen LogP contribution in [0.1, 0.15) is 4.88 Å². The number of imide groups is 2. The number of benzene rings is 1. The van der Waals surface area contributed by atoms with Crippen LogP contribution in [-0.4, -0.2) is 84.7 Å². The number of amides is 4. The molecule has 0 bridgehead atoms. The normalized spacial score (nSPS) is 18.7. The zero-order valence-electron chi connectivity index (χ0n) is 17.0. The van der Waals surface area contributed by atoms with E-state index >= 15 is 0 Å². The molecule has 0 saturated carbocycles. The van der Waals surface area contributed by atoms with Crippen molar-refractivity contribution in [2.24, 2.45) is 0 Å². The summed E-state index contributed by atoms with van der Waals surface area (Å²) in [5.41, 5.74) is 0. The van der Waals surface area contributed by atoms with Crippen LogP contribution >= 0.6 is 11.3 Å². The Morgan fingerprint density at radius 3 is 2.19 bits per heavy atom. The highest BCUT2D eigenvalue weighted by atomic mass is 32.2. The predicted molar refractivity (Wildman–Crippen MR) is 114 cm³/mol. The highest BCUT2D eigenvalue weighted by molar-refractivity contribution is 7.89. The number of carbonyl (C=O) groups is 3. The highest BCUT2D eigenvalue weighted by Gasteiger charge is 2.45. The predicted octanol–water partition coefficient (Wildman–Crippen LogP) is 1.18. The van der Waals surface area contributed by atoms with Crippen molar-refractivity contribution in [3.8, 4) is 0 Å². The fourth-order valence-corrected chi connectivity index (χ4v) is 5.74. The van der Waals surface area contributed by atoms with Gasteiger partial charge in [0.15, 0.2) is 0 Å². The average Bonchev–Trinajstić information content (AvgIpc) is 3.37. The summed E-state index contributed by atoms with van der Waals surface area (Å²) in [6.07, 6.45) is 0.482. The van der Waals surface area contributed by atoms with Gasteiger partial charge in [-0.15, -0.1) is 11.3 Å². The Morgan fingerprint density at radius 1 is 0.906 bits per heavy atom. The lowest BCUT2D eigenvalue weighted by Crippen LogP contribution is -2.52. The third-order valence-electron chi connectivity index (χ3n) is 5.42. The summed E-state index contributed by atoms with van der Waals surface area (Å²) in [6.45, 7) is 0.896. The summed E-state index contributed by atoms with van der Waals surface area (Å²) in [6, 6.07) is 7.74. The molecule has 2 aliphatic heterocycles. The minimum Gasteiger partial charge on any atom is -0.283 e. The maximum absolute atomic E-state index is 13.1. The van der Waals surface area contributed by atoms with Crippen LogP contribution < -0.4 is 0 Å². The monoisotopic (exact) mass is 480 g/mol. The van der Waals surface area contributed by atoms with Crippen molar-refractivity contribution in [1.82, 2.24) is 19.0 Å². The first-order valence-corrected chi connectivity index (χ1v) is 12.3. The maximum Gasteiger partial charge on any atom is 0.335 e. The lowest BCUT2D eigenvalue weighted by molar-refractivity contribution is -0.144. The van der Waals surface area contributed by atoms with Gasteiger partial charge in [0.2, 0.25) is 10.0 Å². The second kappa shape index (κ2) is 9.06. The molecule has 12 heteroatoms. The molecule has 0 aliphatic carbocycles. The molecule has 0 atom stereocenters. The van der Waals surface area contributed by atoms with Crippen LogP contribution in [0.25, 0.3) is 0 Å². The number of thiophene rings is 1. The van der Waals surface area contributed by atoms with Crippen LogP contribution in [0.4, 0.5) is 9.18 Å². The van der Waals surface area contributed by atoms with Gasteiger partial charge in [0.1, 0.15) is 5.82 Å². The molecule has 1 aromatic carbocycles. The Morgan fingerprint density at radius 2 is 1.56 bits per heavy atom. The minimum atomic E-state index is -3.77. The molecule has 1 aromatic heterocycles. The largest absolute Gasteiger partial charge is 0.335 e. The molecule has 170 valence electrons. The fourth-order valence-electron chi connectivity index (χ4n) is 3.62. The Kier molecular flexibility index (Phi) is 6.38. The number of hydrogen-bond donors (Lipinski definition) is 0. The van der Waals surface area contributed by atoms with E-state index in [1.165, 1.54) is 27.8 Å². The van der Waals surface area contributed by atoms with Crippen LogP contribution in [0.3, 0.4) is 0 Å². The van der Waals surface area contributed by atoms with Crippen LogP contribution in [-0.2, 0) is 26.0 Å². The standard InChI is InChI=1S/C20H21FN4O5S2/c21-15-3-5-17(6-4-15)32(29,30)23-11-9-22(10-12-23)14-25-19(27)18(26)24(20(25)28)8-7-16-2-1-13-31-16/h1-6,13H,7-12,14H2. The van der Waals surface area contributed by atoms with E-state index in [1.54, 1.807) is 4.90 Å². The first-order chi connectivity index (χ1) is 15.3. The van der Waals surface area contributed by atoms with Crippen molar-refractivity contribution in [1.29, 1.82) is 0 Å². The summed E-state index contributed by atoms with van der Waals surface area (Å²) >= 11 is 1.51. The first-order valence-electron chi connectivity index (χ1n) is 9.95. The van der Waals surface area contributed by atoms with Crippen molar-refractivity contribution in [3.63, 3.8) is 0 Å². The van der Waals surface area contributed by atoms with Gasteiger partial charge in [0.25, 0.3) is 0 Å². The topological polar surface area (TPSA) is 98.3 Å². The van der Waals surface area contributed by atoms with Crippen molar-refractivity contribution in [2.75, 3.05) is 39.4 Å². The molecule has 2 fully saturated rings. The molecule has 0 spiro atoms. The highest BCUT2D eigenvalue weighted by Crippen LogP contribution is 2.20. The summed E-state index contributed by atoms with van der Waals surface area (Å²) < 4.78 is 39.8. The van der Waals surface area contributed by atoms with Gasteiger partial charge in [-0.2, -0.15) is 4.31 Å². The third-order valence-corrected chi connectivity index (χ3v) is 8.27. The lowest BCUT2D eigenvalue weighted by atomic mass is 10.3. The molecule has 9 nitrogen and oxygen atoms in total. The minimum absolute atomic E-state index is 0.00391. The smallest absolute Gasteiger partial charge is 0.283 e. The Labute approximate surface area is 188 Å². The Balaban J connectivity index is 1.34. The van der Waals surface area contributed by atoms with E-state index in [0.29, 0.717) is 6.42 Å². The molecule has 0 radical (unpaired) electrons. The van der Waals surface area contributed by atoms with E-state index in [9.17, 15) is 27.2 Å². The lowest BCUT2D eigenvalue weighted by Gasteiger charge is -2.35. The third kappa shape index (κ3) is 4.44. The molecule has 0 N–H and O–H groups in total. The fraction of sp³-hybridized carbons (Fsp3) is 0.350. The molecule has 32 heavy (non-hydrogen) atoms. The van der Waals surface area contributed by atoms with Crippen LogP contribution in [0, 0.1) is 5.82 Å². The van der Waals surface area contributed by atoms with Crippen molar-refractivity contribution in [2.45, 2.75) is 11.3 Å². The summed E-state index contributed by atoms with van der Waals surface area (Å²) in [5, 5.41) is 1.90. The van der Waals surface area contributed by atoms with Crippen LogP contribution in [0.15, 0.2) is 46.7 Å². The van der Waals surface area contributed by atoms with Gasteiger partial charge in [0.05, 0.1) is 11.6 Å². The Bertz CT molecular complexity index is 1110. The Hall–Kier alpha value is -2.67. The van der Waals surface area contributed by atoms with Gasteiger partial charge >= 0.3 is 17.8 Å². The molecular weight excluding hydrogens is 459 g/mol. The zero-order valence-corrected chi connectivity index (χ0v) is 18.6. The van der Waals surface area contributed by atoms with E-state index in [1.807, 2.05) is 17.5 Å². The number of urea groups is 1. The van der Waals surface area contributed by atoms with E-state index in [2.05, 4.69) is 0 Å². The number of piperazine rings is 1. The molecule has 2 aliphatic rings. The van der Waals surface area contributed by atoms with E-state index in [0.717, 1.165) is 26.8 Å². The number of sulfonamides is 1. The van der Waals surface area contributed by atoms with Gasteiger partial charge in [-0.25, -0.2) is 22.5 Å². The number of rotatable bonds is 7. The maximum atomic E-state index is 13.1. The molecule has 0 unspecified atom stereocenters. The molecule has 2 aromatic rings. The summed E-state index contributed by atoms with van der Waals surface area (Å²) in [4.78, 5) is 41.9. The molecule has 2 saturated heterocycles.